The van der Waals surface area contributed by atoms with E-state index in [0.717, 1.165) is 12.2 Å². The van der Waals surface area contributed by atoms with E-state index in [9.17, 15) is 9.59 Å². The Bertz CT molecular complexity index is 229. The van der Waals surface area contributed by atoms with Crippen LogP contribution in [0.2, 0.25) is 0 Å². The van der Waals surface area contributed by atoms with Gasteiger partial charge in [0.1, 0.15) is 0 Å². The maximum atomic E-state index is 11.5. The van der Waals surface area contributed by atoms with Crippen molar-refractivity contribution in [1.29, 1.82) is 0 Å². The zero-order valence-corrected chi connectivity index (χ0v) is 9.13. The second kappa shape index (κ2) is 5.24. The summed E-state index contributed by atoms with van der Waals surface area (Å²) in [5.41, 5.74) is -0.654. The summed E-state index contributed by atoms with van der Waals surface area (Å²) in [5.74, 6) is 0.768. The van der Waals surface area contributed by atoms with E-state index in [-0.39, 0.29) is 18.3 Å². The first-order chi connectivity index (χ1) is 6.69. The number of rotatable bonds is 3. The summed E-state index contributed by atoms with van der Waals surface area (Å²) in [6, 6.07) is 0. The molecule has 0 aromatic rings. The molecule has 1 rings (SSSR count). The molecule has 0 spiro atoms. The first kappa shape index (κ1) is 11.4. The zero-order valence-electron chi connectivity index (χ0n) is 8.32. The molecule has 1 aliphatic heterocycles. The van der Waals surface area contributed by atoms with E-state index in [1.807, 2.05) is 6.92 Å². The maximum absolute atomic E-state index is 11.5. The van der Waals surface area contributed by atoms with Gasteiger partial charge in [-0.2, -0.15) is 0 Å². The van der Waals surface area contributed by atoms with Crippen LogP contribution in [0.1, 0.15) is 20.3 Å². The Morgan fingerprint density at radius 1 is 1.57 bits per heavy atom. The molecule has 1 heterocycles. The van der Waals surface area contributed by atoms with Crippen LogP contribution in [0.25, 0.3) is 0 Å². The van der Waals surface area contributed by atoms with E-state index in [0.29, 0.717) is 0 Å². The van der Waals surface area contributed by atoms with Gasteiger partial charge in [-0.1, -0.05) is 6.92 Å². The lowest BCUT2D eigenvalue weighted by Crippen LogP contribution is -2.24. The number of thioether (sulfide) groups is 1. The Balaban J connectivity index is 2.40. The molecule has 2 atom stereocenters. The Labute approximate surface area is 87.3 Å². The molecule has 1 fully saturated rings. The van der Waals surface area contributed by atoms with Crippen LogP contribution >= 0.6 is 11.8 Å². The van der Waals surface area contributed by atoms with Gasteiger partial charge in [-0.25, -0.2) is 4.79 Å². The molecule has 0 bridgehead atoms. The van der Waals surface area contributed by atoms with Crippen molar-refractivity contribution in [3.63, 3.8) is 0 Å². The molecule has 2 unspecified atom stereocenters. The second-order valence-corrected chi connectivity index (χ2v) is 4.07. The quantitative estimate of drug-likeness (QED) is 0.676. The minimum Gasteiger partial charge on any atom is -0.435 e. The van der Waals surface area contributed by atoms with E-state index in [1.165, 1.54) is 11.8 Å². The first-order valence-corrected chi connectivity index (χ1v) is 5.72. The minimum absolute atomic E-state index is 0.00514. The van der Waals surface area contributed by atoms with Gasteiger partial charge in [0.2, 0.25) is 5.44 Å². The van der Waals surface area contributed by atoms with Crippen LogP contribution < -0.4 is 0 Å². The molecule has 0 radical (unpaired) electrons. The molecular formula is C9H14O4S. The highest BCUT2D eigenvalue weighted by atomic mass is 32.2. The molecule has 0 N–H and O–H groups in total. The fourth-order valence-corrected chi connectivity index (χ4v) is 2.52. The highest BCUT2D eigenvalue weighted by Crippen LogP contribution is 2.30. The van der Waals surface area contributed by atoms with E-state index >= 15 is 0 Å². The van der Waals surface area contributed by atoms with Crippen LogP contribution in [-0.2, 0) is 14.3 Å². The SMILES string of the molecule is CCOC(=O)OC1SCC(CC)C1=O. The number of hydrogen-bond acceptors (Lipinski definition) is 5. The van der Waals surface area contributed by atoms with E-state index in [2.05, 4.69) is 4.74 Å². The van der Waals surface area contributed by atoms with Crippen LogP contribution in [0, 0.1) is 5.92 Å². The third-order valence-corrected chi connectivity index (χ3v) is 3.27. The molecule has 0 aromatic carbocycles. The van der Waals surface area contributed by atoms with Crippen LogP contribution in [0.3, 0.4) is 0 Å². The molecule has 0 aliphatic carbocycles. The van der Waals surface area contributed by atoms with Crippen molar-refractivity contribution >= 4 is 23.7 Å². The van der Waals surface area contributed by atoms with E-state index in [4.69, 9.17) is 4.74 Å². The fraction of sp³-hybridized carbons (Fsp3) is 0.778. The summed E-state index contributed by atoms with van der Waals surface area (Å²) < 4.78 is 9.44. The molecule has 0 amide bonds. The summed E-state index contributed by atoms with van der Waals surface area (Å²) in [4.78, 5) is 22.5. The standard InChI is InChI=1S/C9H14O4S/c1-3-6-5-14-8(7(6)10)13-9(11)12-4-2/h6,8H,3-5H2,1-2H3. The van der Waals surface area contributed by atoms with Gasteiger partial charge < -0.3 is 9.47 Å². The van der Waals surface area contributed by atoms with Crippen LogP contribution in [0.4, 0.5) is 4.79 Å². The van der Waals surface area contributed by atoms with E-state index in [1.54, 1.807) is 6.92 Å². The number of ketones is 1. The molecule has 14 heavy (non-hydrogen) atoms. The van der Waals surface area contributed by atoms with Gasteiger partial charge in [-0.3, -0.25) is 4.79 Å². The van der Waals surface area contributed by atoms with Gasteiger partial charge in [0, 0.05) is 11.7 Å². The van der Waals surface area contributed by atoms with Gasteiger partial charge >= 0.3 is 6.16 Å². The minimum atomic E-state index is -0.755. The first-order valence-electron chi connectivity index (χ1n) is 4.67. The number of carbonyl (C=O) groups excluding carboxylic acids is 2. The third-order valence-electron chi connectivity index (χ3n) is 2.04. The number of Topliss-reactive ketones (excluding diaryl/α,β-unsaturated/α-hetero) is 1. The van der Waals surface area contributed by atoms with Crippen LogP contribution in [0.15, 0.2) is 0 Å². The smallest absolute Gasteiger partial charge is 0.435 e. The molecule has 0 saturated carbocycles. The highest BCUT2D eigenvalue weighted by molar-refractivity contribution is 8.01. The molecule has 80 valence electrons. The van der Waals surface area contributed by atoms with Gasteiger partial charge in [0.25, 0.3) is 0 Å². The largest absolute Gasteiger partial charge is 0.509 e. The van der Waals surface area contributed by atoms with Crippen molar-refractivity contribution in [1.82, 2.24) is 0 Å². The molecular weight excluding hydrogens is 204 g/mol. The summed E-state index contributed by atoms with van der Waals surface area (Å²) in [7, 11) is 0. The van der Waals surface area contributed by atoms with Crippen molar-refractivity contribution in [2.45, 2.75) is 25.7 Å². The number of ether oxygens (including phenoxy) is 2. The lowest BCUT2D eigenvalue weighted by atomic mass is 10.1. The molecule has 4 nitrogen and oxygen atoms in total. The molecule has 1 saturated heterocycles. The number of carbonyl (C=O) groups is 2. The summed E-state index contributed by atoms with van der Waals surface area (Å²) in [6.07, 6.45) is 0.0456. The maximum Gasteiger partial charge on any atom is 0.509 e. The normalized spacial score (nSPS) is 26.3. The molecule has 1 aliphatic rings. The zero-order chi connectivity index (χ0) is 10.6. The Hall–Kier alpha value is -0.710. The number of hydrogen-bond donors (Lipinski definition) is 0. The van der Waals surface area contributed by atoms with Gasteiger partial charge in [-0.05, 0) is 13.3 Å². The van der Waals surface area contributed by atoms with Crippen LogP contribution in [0.5, 0.6) is 0 Å². The fourth-order valence-electron chi connectivity index (χ4n) is 1.21. The second-order valence-electron chi connectivity index (χ2n) is 2.97. The summed E-state index contributed by atoms with van der Waals surface area (Å²) in [6.45, 7) is 3.91. The predicted molar refractivity (Wildman–Crippen MR) is 53.1 cm³/mol. The Kier molecular flexibility index (Phi) is 4.25. The van der Waals surface area contributed by atoms with Crippen molar-refractivity contribution < 1.29 is 19.1 Å². The molecule has 0 aromatic heterocycles. The van der Waals surface area contributed by atoms with Crippen molar-refractivity contribution in [2.24, 2.45) is 5.92 Å². The van der Waals surface area contributed by atoms with Crippen molar-refractivity contribution in [2.75, 3.05) is 12.4 Å². The summed E-state index contributed by atoms with van der Waals surface area (Å²) in [5, 5.41) is 0. The topological polar surface area (TPSA) is 52.6 Å². The van der Waals surface area contributed by atoms with Crippen molar-refractivity contribution in [3.05, 3.63) is 0 Å². The van der Waals surface area contributed by atoms with Crippen LogP contribution in [-0.4, -0.2) is 29.7 Å². The van der Waals surface area contributed by atoms with Gasteiger partial charge in [-0.15, -0.1) is 11.8 Å². The summed E-state index contributed by atoms with van der Waals surface area (Å²) >= 11 is 1.36. The van der Waals surface area contributed by atoms with Gasteiger partial charge in [0.15, 0.2) is 5.78 Å². The lowest BCUT2D eigenvalue weighted by molar-refractivity contribution is -0.126. The van der Waals surface area contributed by atoms with Gasteiger partial charge in [0.05, 0.1) is 6.61 Å². The highest BCUT2D eigenvalue weighted by Gasteiger charge is 2.36. The Morgan fingerprint density at radius 2 is 2.29 bits per heavy atom. The Morgan fingerprint density at radius 3 is 2.79 bits per heavy atom. The molecule has 5 heteroatoms. The monoisotopic (exact) mass is 218 g/mol. The average Bonchev–Trinajstić information content (AvgIpc) is 2.48. The van der Waals surface area contributed by atoms with E-state index < -0.39 is 11.6 Å². The average molecular weight is 218 g/mol. The van der Waals surface area contributed by atoms with Crippen molar-refractivity contribution in [3.8, 4) is 0 Å². The predicted octanol–water partition coefficient (Wildman–Crippen LogP) is 1.83. The lowest BCUT2D eigenvalue weighted by Gasteiger charge is -2.09. The third kappa shape index (κ3) is 2.64.